The van der Waals surface area contributed by atoms with Gasteiger partial charge in [-0.2, -0.15) is 0 Å². The van der Waals surface area contributed by atoms with E-state index in [-0.39, 0.29) is 18.7 Å². The zero-order valence-electron chi connectivity index (χ0n) is 10.6. The first-order chi connectivity index (χ1) is 9.69. The second-order valence-corrected chi connectivity index (χ2v) is 4.55. The average molecular weight is 274 g/mol. The van der Waals surface area contributed by atoms with Crippen LogP contribution in [-0.2, 0) is 13.2 Å². The summed E-state index contributed by atoms with van der Waals surface area (Å²) >= 11 is 0. The van der Waals surface area contributed by atoms with Gasteiger partial charge in [-0.15, -0.1) is 0 Å². The highest BCUT2D eigenvalue weighted by molar-refractivity contribution is 5.80. The van der Waals surface area contributed by atoms with Gasteiger partial charge in [0, 0.05) is 28.9 Å². The van der Waals surface area contributed by atoms with Crippen LogP contribution in [0.3, 0.4) is 0 Å². The van der Waals surface area contributed by atoms with Gasteiger partial charge in [0.2, 0.25) is 0 Å². The number of hydrogen-bond acceptors (Lipinski definition) is 2. The lowest BCUT2D eigenvalue weighted by Gasteiger charge is -2.06. The van der Waals surface area contributed by atoms with E-state index >= 15 is 0 Å². The third kappa shape index (κ3) is 2.16. The van der Waals surface area contributed by atoms with E-state index in [1.165, 1.54) is 6.07 Å². The minimum atomic E-state index is -0.479. The summed E-state index contributed by atoms with van der Waals surface area (Å²) in [5.74, 6) is -0.942. The van der Waals surface area contributed by atoms with E-state index in [1.807, 2.05) is 6.07 Å². The maximum Gasteiger partial charge on any atom is 0.140 e. The topological polar surface area (TPSA) is 38.0 Å². The Morgan fingerprint density at radius 3 is 2.80 bits per heavy atom. The summed E-state index contributed by atoms with van der Waals surface area (Å²) in [5.41, 5.74) is 1.60. The average Bonchev–Trinajstić information content (AvgIpc) is 2.81. The molecule has 2 heterocycles. The van der Waals surface area contributed by atoms with E-state index in [0.29, 0.717) is 11.2 Å². The summed E-state index contributed by atoms with van der Waals surface area (Å²) in [6.07, 6.45) is 3.34. The summed E-state index contributed by atoms with van der Waals surface area (Å²) in [5, 5.41) is 10.2. The maximum atomic E-state index is 13.7. The van der Waals surface area contributed by atoms with Crippen molar-refractivity contribution in [3.63, 3.8) is 0 Å². The monoisotopic (exact) mass is 274 g/mol. The van der Waals surface area contributed by atoms with Crippen LogP contribution in [0.25, 0.3) is 11.0 Å². The van der Waals surface area contributed by atoms with E-state index in [9.17, 15) is 13.9 Å². The molecule has 0 aliphatic heterocycles. The Labute approximate surface area is 114 Å². The fraction of sp³-hybridized carbons (Fsp3) is 0.133. The van der Waals surface area contributed by atoms with Crippen LogP contribution in [0.5, 0.6) is 0 Å². The molecule has 0 bridgehead atoms. The van der Waals surface area contributed by atoms with Crippen LogP contribution in [0.1, 0.15) is 11.1 Å². The quantitative estimate of drug-likeness (QED) is 0.797. The van der Waals surface area contributed by atoms with Crippen molar-refractivity contribution >= 4 is 11.0 Å². The molecule has 0 radical (unpaired) electrons. The first-order valence-corrected chi connectivity index (χ1v) is 6.16. The van der Waals surface area contributed by atoms with Gasteiger partial charge in [-0.3, -0.25) is 0 Å². The van der Waals surface area contributed by atoms with E-state index in [4.69, 9.17) is 0 Å². The van der Waals surface area contributed by atoms with Gasteiger partial charge in [0.05, 0.1) is 13.2 Å². The first kappa shape index (κ1) is 12.7. The number of aliphatic hydroxyl groups excluding tert-OH is 1. The van der Waals surface area contributed by atoms with Crippen molar-refractivity contribution in [2.45, 2.75) is 13.2 Å². The molecule has 0 spiro atoms. The molecule has 0 amide bonds. The Balaban J connectivity index is 2.09. The van der Waals surface area contributed by atoms with Gasteiger partial charge >= 0.3 is 0 Å². The van der Waals surface area contributed by atoms with Crippen molar-refractivity contribution < 1.29 is 13.9 Å². The Morgan fingerprint density at radius 2 is 2.00 bits per heavy atom. The van der Waals surface area contributed by atoms with Crippen LogP contribution in [0.15, 0.2) is 42.7 Å². The molecule has 5 heteroatoms. The number of hydrogen-bond donors (Lipinski definition) is 1. The van der Waals surface area contributed by atoms with Crippen LogP contribution in [0, 0.1) is 11.6 Å². The van der Waals surface area contributed by atoms with Crippen molar-refractivity contribution in [2.75, 3.05) is 0 Å². The molecule has 0 aliphatic rings. The second-order valence-electron chi connectivity index (χ2n) is 4.55. The van der Waals surface area contributed by atoms with Gasteiger partial charge in [0.25, 0.3) is 0 Å². The van der Waals surface area contributed by atoms with E-state index < -0.39 is 11.6 Å². The van der Waals surface area contributed by atoms with Crippen LogP contribution >= 0.6 is 0 Å². The number of rotatable bonds is 3. The number of halogens is 2. The lowest BCUT2D eigenvalue weighted by atomic mass is 10.2. The Bertz CT molecular complexity index is 768. The summed E-state index contributed by atoms with van der Waals surface area (Å²) in [6, 6.07) is 6.98. The normalized spacial score (nSPS) is 11.2. The zero-order chi connectivity index (χ0) is 14.1. The van der Waals surface area contributed by atoms with Crippen molar-refractivity contribution in [3.05, 3.63) is 65.5 Å². The third-order valence-electron chi connectivity index (χ3n) is 3.24. The maximum absolute atomic E-state index is 13.7. The molecule has 102 valence electrons. The van der Waals surface area contributed by atoms with Crippen LogP contribution in [-0.4, -0.2) is 14.7 Å². The van der Waals surface area contributed by atoms with Gasteiger partial charge in [0.1, 0.15) is 17.3 Å². The van der Waals surface area contributed by atoms with Gasteiger partial charge in [-0.25, -0.2) is 13.8 Å². The fourth-order valence-corrected chi connectivity index (χ4v) is 2.29. The largest absolute Gasteiger partial charge is 0.392 e. The smallest absolute Gasteiger partial charge is 0.140 e. The van der Waals surface area contributed by atoms with E-state index in [0.717, 1.165) is 17.5 Å². The highest BCUT2D eigenvalue weighted by Gasteiger charge is 2.11. The van der Waals surface area contributed by atoms with Crippen LogP contribution < -0.4 is 0 Å². The minimum absolute atomic E-state index is 0.124. The summed E-state index contributed by atoms with van der Waals surface area (Å²) in [6.45, 7) is 0.0396. The highest BCUT2D eigenvalue weighted by Crippen LogP contribution is 2.21. The van der Waals surface area contributed by atoms with Crippen molar-refractivity contribution in [3.8, 4) is 0 Å². The number of fused-ring (bicyclic) bond motifs is 1. The SMILES string of the molecule is OCc1cn(Cc2cc(F)ccc2F)c2ncccc12. The van der Waals surface area contributed by atoms with Crippen molar-refractivity contribution in [2.24, 2.45) is 0 Å². The molecule has 0 fully saturated rings. The molecular formula is C15H12F2N2O. The molecule has 3 nitrogen and oxygen atoms in total. The van der Waals surface area contributed by atoms with Crippen LogP contribution in [0.2, 0.25) is 0 Å². The zero-order valence-corrected chi connectivity index (χ0v) is 10.6. The van der Waals surface area contributed by atoms with E-state index in [2.05, 4.69) is 4.98 Å². The number of nitrogens with zero attached hydrogens (tertiary/aromatic N) is 2. The van der Waals surface area contributed by atoms with Gasteiger partial charge in [-0.1, -0.05) is 0 Å². The lowest BCUT2D eigenvalue weighted by Crippen LogP contribution is -2.02. The Hall–Kier alpha value is -2.27. The molecule has 1 N–H and O–H groups in total. The fourth-order valence-electron chi connectivity index (χ4n) is 2.29. The van der Waals surface area contributed by atoms with E-state index in [1.54, 1.807) is 23.0 Å². The van der Waals surface area contributed by atoms with Crippen LogP contribution in [0.4, 0.5) is 8.78 Å². The highest BCUT2D eigenvalue weighted by atomic mass is 19.1. The minimum Gasteiger partial charge on any atom is -0.392 e. The Morgan fingerprint density at radius 1 is 1.15 bits per heavy atom. The molecule has 0 aliphatic carbocycles. The molecule has 0 saturated heterocycles. The molecule has 0 atom stereocenters. The second kappa shape index (κ2) is 5.02. The molecule has 2 aromatic heterocycles. The number of aliphatic hydroxyl groups is 1. The molecule has 0 saturated carbocycles. The predicted octanol–water partition coefficient (Wildman–Crippen LogP) is 2.86. The number of aromatic nitrogens is 2. The molecule has 0 unspecified atom stereocenters. The molecule has 1 aromatic carbocycles. The Kier molecular flexibility index (Phi) is 3.20. The molecule has 20 heavy (non-hydrogen) atoms. The number of benzene rings is 1. The molecular weight excluding hydrogens is 262 g/mol. The van der Waals surface area contributed by atoms with Crippen molar-refractivity contribution in [1.82, 2.24) is 9.55 Å². The summed E-state index contributed by atoms with van der Waals surface area (Å²) in [4.78, 5) is 4.23. The molecule has 3 aromatic rings. The first-order valence-electron chi connectivity index (χ1n) is 6.16. The van der Waals surface area contributed by atoms with Gasteiger partial charge in [-0.05, 0) is 30.3 Å². The summed E-state index contributed by atoms with van der Waals surface area (Å²) < 4.78 is 28.6. The molecule has 3 rings (SSSR count). The van der Waals surface area contributed by atoms with Gasteiger partial charge in [0.15, 0.2) is 0 Å². The van der Waals surface area contributed by atoms with Crippen molar-refractivity contribution in [1.29, 1.82) is 0 Å². The van der Waals surface area contributed by atoms with Gasteiger partial charge < -0.3 is 9.67 Å². The third-order valence-corrected chi connectivity index (χ3v) is 3.24. The lowest BCUT2D eigenvalue weighted by molar-refractivity contribution is 0.283. The predicted molar refractivity (Wildman–Crippen MR) is 71.1 cm³/mol. The summed E-state index contributed by atoms with van der Waals surface area (Å²) in [7, 11) is 0. The number of pyridine rings is 1. The standard InChI is InChI=1S/C15H12F2N2O/c16-12-3-4-14(17)10(6-12)7-19-8-11(9-20)13-2-1-5-18-15(13)19/h1-6,8,20H,7,9H2.